The number of aromatic nitrogens is 2. The SMILES string of the molecule is c1cn(CCCNC2CC[N]C2)cn1. The Morgan fingerprint density at radius 1 is 1.50 bits per heavy atom. The molecule has 1 aliphatic rings. The minimum absolute atomic E-state index is 0.637. The van der Waals surface area contributed by atoms with E-state index in [0.29, 0.717) is 6.04 Å². The Hall–Kier alpha value is -0.870. The van der Waals surface area contributed by atoms with Gasteiger partial charge in [-0.3, -0.25) is 0 Å². The van der Waals surface area contributed by atoms with E-state index >= 15 is 0 Å². The molecular formula is C10H17N4. The topological polar surface area (TPSA) is 44.0 Å². The third-order valence-electron chi connectivity index (χ3n) is 2.57. The van der Waals surface area contributed by atoms with E-state index in [2.05, 4.69) is 20.2 Å². The summed E-state index contributed by atoms with van der Waals surface area (Å²) in [5.41, 5.74) is 0. The number of nitrogens with one attached hydrogen (secondary N) is 1. The second-order valence-electron chi connectivity index (χ2n) is 3.72. The van der Waals surface area contributed by atoms with Crippen LogP contribution >= 0.6 is 0 Å². The Bertz CT molecular complexity index is 239. The maximum absolute atomic E-state index is 4.32. The molecule has 0 spiro atoms. The van der Waals surface area contributed by atoms with Gasteiger partial charge in [0.25, 0.3) is 0 Å². The van der Waals surface area contributed by atoms with Gasteiger partial charge in [0, 0.05) is 38.1 Å². The van der Waals surface area contributed by atoms with Crippen LogP contribution in [0.4, 0.5) is 0 Å². The van der Waals surface area contributed by atoms with Crippen LogP contribution in [0.3, 0.4) is 0 Å². The van der Waals surface area contributed by atoms with E-state index in [-0.39, 0.29) is 0 Å². The van der Waals surface area contributed by atoms with Gasteiger partial charge in [0.05, 0.1) is 6.33 Å². The van der Waals surface area contributed by atoms with Gasteiger partial charge < -0.3 is 9.88 Å². The fourth-order valence-electron chi connectivity index (χ4n) is 1.74. The van der Waals surface area contributed by atoms with Crippen molar-refractivity contribution in [3.63, 3.8) is 0 Å². The molecule has 1 radical (unpaired) electrons. The predicted molar refractivity (Wildman–Crippen MR) is 55.1 cm³/mol. The van der Waals surface area contributed by atoms with Crippen LogP contribution in [0.15, 0.2) is 18.7 Å². The molecule has 4 heteroatoms. The minimum atomic E-state index is 0.637. The summed E-state index contributed by atoms with van der Waals surface area (Å²) >= 11 is 0. The molecule has 1 unspecified atom stereocenters. The molecule has 2 rings (SSSR count). The van der Waals surface area contributed by atoms with Gasteiger partial charge in [-0.05, 0) is 19.4 Å². The third-order valence-corrected chi connectivity index (χ3v) is 2.57. The van der Waals surface area contributed by atoms with Gasteiger partial charge >= 0.3 is 0 Å². The highest BCUT2D eigenvalue weighted by Crippen LogP contribution is 1.98. The van der Waals surface area contributed by atoms with Crippen LogP contribution in [0, 0.1) is 0 Å². The van der Waals surface area contributed by atoms with Crippen molar-refractivity contribution in [3.05, 3.63) is 18.7 Å². The highest BCUT2D eigenvalue weighted by molar-refractivity contribution is 4.77. The van der Waals surface area contributed by atoms with Gasteiger partial charge in [-0.25, -0.2) is 10.3 Å². The first-order chi connectivity index (χ1) is 6.95. The van der Waals surface area contributed by atoms with Gasteiger partial charge in [-0.15, -0.1) is 0 Å². The summed E-state index contributed by atoms with van der Waals surface area (Å²) in [6, 6.07) is 0.637. The number of imidazole rings is 1. The summed E-state index contributed by atoms with van der Waals surface area (Å²) in [6.07, 6.45) is 8.07. The molecule has 1 fully saturated rings. The molecule has 77 valence electrons. The molecular weight excluding hydrogens is 176 g/mol. The zero-order chi connectivity index (χ0) is 9.64. The van der Waals surface area contributed by atoms with Crippen molar-refractivity contribution in [2.24, 2.45) is 0 Å². The molecule has 1 N–H and O–H groups in total. The smallest absolute Gasteiger partial charge is 0.0945 e. The number of hydrogen-bond acceptors (Lipinski definition) is 2. The summed E-state index contributed by atoms with van der Waals surface area (Å²) in [5.74, 6) is 0. The van der Waals surface area contributed by atoms with Crippen molar-refractivity contribution in [1.29, 1.82) is 0 Å². The second-order valence-corrected chi connectivity index (χ2v) is 3.72. The van der Waals surface area contributed by atoms with E-state index in [4.69, 9.17) is 0 Å². The zero-order valence-electron chi connectivity index (χ0n) is 8.39. The molecule has 1 aromatic rings. The fraction of sp³-hybridized carbons (Fsp3) is 0.700. The van der Waals surface area contributed by atoms with Crippen LogP contribution < -0.4 is 10.6 Å². The van der Waals surface area contributed by atoms with Gasteiger partial charge in [-0.1, -0.05) is 0 Å². The Balaban J connectivity index is 1.55. The second kappa shape index (κ2) is 5.12. The normalized spacial score (nSPS) is 21.6. The average molecular weight is 193 g/mol. The van der Waals surface area contributed by atoms with E-state index in [9.17, 15) is 0 Å². The first-order valence-corrected chi connectivity index (χ1v) is 5.27. The van der Waals surface area contributed by atoms with Gasteiger partial charge in [0.2, 0.25) is 0 Å². The van der Waals surface area contributed by atoms with Crippen LogP contribution in [-0.2, 0) is 6.54 Å². The quantitative estimate of drug-likeness (QED) is 0.681. The molecule has 2 heterocycles. The third kappa shape index (κ3) is 2.82. The lowest BCUT2D eigenvalue weighted by molar-refractivity contribution is 0.510. The Morgan fingerprint density at radius 2 is 2.50 bits per heavy atom. The first kappa shape index (κ1) is 9.68. The van der Waals surface area contributed by atoms with Crippen LogP contribution in [-0.4, -0.2) is 35.2 Å². The highest BCUT2D eigenvalue weighted by atomic mass is 15.0. The largest absolute Gasteiger partial charge is 0.337 e. The number of aryl methyl sites for hydroxylation is 1. The molecule has 1 aliphatic heterocycles. The maximum Gasteiger partial charge on any atom is 0.0945 e. The predicted octanol–water partition coefficient (Wildman–Crippen LogP) is 0.239. The Morgan fingerprint density at radius 3 is 3.21 bits per heavy atom. The van der Waals surface area contributed by atoms with Crippen molar-refractivity contribution in [2.45, 2.75) is 25.4 Å². The number of rotatable bonds is 5. The summed E-state index contributed by atoms with van der Waals surface area (Å²) in [4.78, 5) is 4.01. The lowest BCUT2D eigenvalue weighted by Gasteiger charge is -2.10. The van der Waals surface area contributed by atoms with Crippen LogP contribution in [0.25, 0.3) is 0 Å². The molecule has 1 atom stereocenters. The van der Waals surface area contributed by atoms with E-state index in [1.54, 1.807) is 0 Å². The fourth-order valence-corrected chi connectivity index (χ4v) is 1.74. The maximum atomic E-state index is 4.32. The van der Waals surface area contributed by atoms with Crippen molar-refractivity contribution < 1.29 is 0 Å². The molecule has 0 aliphatic carbocycles. The Kier molecular flexibility index (Phi) is 3.54. The van der Waals surface area contributed by atoms with Crippen LogP contribution in [0.1, 0.15) is 12.8 Å². The lowest BCUT2D eigenvalue weighted by atomic mass is 10.2. The number of hydrogen-bond donors (Lipinski definition) is 1. The summed E-state index contributed by atoms with van der Waals surface area (Å²) in [5, 5.41) is 7.83. The average Bonchev–Trinajstić information content (AvgIpc) is 2.86. The summed E-state index contributed by atoms with van der Waals surface area (Å²) < 4.78 is 2.11. The van der Waals surface area contributed by atoms with Crippen LogP contribution in [0.2, 0.25) is 0 Å². The Labute approximate surface area is 84.7 Å². The van der Waals surface area contributed by atoms with E-state index < -0.39 is 0 Å². The van der Waals surface area contributed by atoms with Crippen molar-refractivity contribution >= 4 is 0 Å². The van der Waals surface area contributed by atoms with Gasteiger partial charge in [-0.2, -0.15) is 0 Å². The zero-order valence-corrected chi connectivity index (χ0v) is 8.39. The van der Waals surface area contributed by atoms with Crippen LogP contribution in [0.5, 0.6) is 0 Å². The first-order valence-electron chi connectivity index (χ1n) is 5.27. The monoisotopic (exact) mass is 193 g/mol. The lowest BCUT2D eigenvalue weighted by Crippen LogP contribution is -2.31. The van der Waals surface area contributed by atoms with Gasteiger partial charge in [0.15, 0.2) is 0 Å². The molecule has 1 saturated heterocycles. The molecule has 0 aromatic carbocycles. The van der Waals surface area contributed by atoms with Gasteiger partial charge in [0.1, 0.15) is 0 Å². The molecule has 1 aromatic heterocycles. The summed E-state index contributed by atoms with van der Waals surface area (Å²) in [7, 11) is 0. The molecule has 0 saturated carbocycles. The van der Waals surface area contributed by atoms with Crippen molar-refractivity contribution in [2.75, 3.05) is 19.6 Å². The van der Waals surface area contributed by atoms with Crippen molar-refractivity contribution in [1.82, 2.24) is 20.2 Å². The van der Waals surface area contributed by atoms with E-state index in [0.717, 1.165) is 32.6 Å². The number of nitrogens with zero attached hydrogens (tertiary/aromatic N) is 3. The van der Waals surface area contributed by atoms with Crippen molar-refractivity contribution in [3.8, 4) is 0 Å². The van der Waals surface area contributed by atoms with E-state index in [1.165, 1.54) is 6.42 Å². The molecule has 0 bridgehead atoms. The standard InChI is InChI=1S/C10H17N4/c1(6-14-7-5-12-9-14)3-13-10-2-4-11-8-10/h5,7,9-10,13H,1-4,6,8H2. The van der Waals surface area contributed by atoms with E-state index in [1.807, 2.05) is 18.7 Å². The summed E-state index contributed by atoms with van der Waals surface area (Å²) in [6.45, 7) is 4.18. The highest BCUT2D eigenvalue weighted by Gasteiger charge is 2.13. The molecule has 4 nitrogen and oxygen atoms in total. The minimum Gasteiger partial charge on any atom is -0.337 e. The molecule has 0 amide bonds. The molecule has 14 heavy (non-hydrogen) atoms.